The minimum Gasteiger partial charge on any atom is -0.508 e. The van der Waals surface area contributed by atoms with Gasteiger partial charge < -0.3 is 24.8 Å². The SMILES string of the molecule is CO[C@@H]1C[C@@H](COc2nc(N3CC4CCCC3CN4)c3cc(Cl)c(-c4cc(O)cc5ccccc45)c(F)c3n2)N(C)C1. The van der Waals surface area contributed by atoms with E-state index in [9.17, 15) is 5.11 Å². The highest BCUT2D eigenvalue weighted by Crippen LogP contribution is 2.43. The summed E-state index contributed by atoms with van der Waals surface area (Å²) in [5.41, 5.74) is 0.864. The van der Waals surface area contributed by atoms with E-state index in [1.54, 1.807) is 25.3 Å². The molecule has 5 heterocycles. The Morgan fingerprint density at radius 3 is 2.81 bits per heavy atom. The number of halogens is 2. The van der Waals surface area contributed by atoms with Crippen LogP contribution in [-0.2, 0) is 4.74 Å². The molecule has 4 aliphatic rings. The summed E-state index contributed by atoms with van der Waals surface area (Å²) >= 11 is 6.89. The molecule has 8 rings (SSSR count). The van der Waals surface area contributed by atoms with E-state index in [1.807, 2.05) is 31.3 Å². The van der Waals surface area contributed by atoms with E-state index in [0.717, 1.165) is 56.1 Å². The van der Waals surface area contributed by atoms with E-state index in [4.69, 9.17) is 26.1 Å². The third-order valence-corrected chi connectivity index (χ3v) is 9.51. The Bertz CT molecular complexity index is 1650. The second-order valence-corrected chi connectivity index (χ2v) is 12.2. The number of aromatic nitrogens is 2. The number of likely N-dealkylation sites (tertiary alicyclic amines) is 1. The van der Waals surface area contributed by atoms with Crippen molar-refractivity contribution in [1.29, 1.82) is 0 Å². The molecule has 0 spiro atoms. The van der Waals surface area contributed by atoms with Gasteiger partial charge in [-0.3, -0.25) is 4.90 Å². The molecule has 8 nitrogen and oxygen atoms in total. The van der Waals surface area contributed by atoms with Crippen LogP contribution in [0.25, 0.3) is 32.8 Å². The van der Waals surface area contributed by atoms with Crippen molar-refractivity contribution in [1.82, 2.24) is 20.2 Å². The Hall–Kier alpha value is -3.24. The second kappa shape index (κ2) is 11.1. The summed E-state index contributed by atoms with van der Waals surface area (Å²) in [6.45, 7) is 2.82. The van der Waals surface area contributed by atoms with Crippen LogP contribution in [0.15, 0.2) is 42.5 Å². The van der Waals surface area contributed by atoms with Gasteiger partial charge in [-0.1, -0.05) is 35.9 Å². The molecule has 220 valence electrons. The first-order valence-electron chi connectivity index (χ1n) is 14.7. The molecule has 2 bridgehead atoms. The Balaban J connectivity index is 1.37. The van der Waals surface area contributed by atoms with Crippen molar-refractivity contribution in [2.24, 2.45) is 0 Å². The first-order valence-corrected chi connectivity index (χ1v) is 15.0. The van der Waals surface area contributed by atoms with Crippen LogP contribution >= 0.6 is 11.6 Å². The molecular formula is C32H35ClFN5O3. The van der Waals surface area contributed by atoms with Crippen molar-refractivity contribution in [2.45, 2.75) is 49.9 Å². The van der Waals surface area contributed by atoms with E-state index >= 15 is 4.39 Å². The molecule has 10 heteroatoms. The fourth-order valence-corrected chi connectivity index (χ4v) is 7.23. The molecule has 42 heavy (non-hydrogen) atoms. The number of piperazine rings is 1. The Kier molecular flexibility index (Phi) is 7.30. The summed E-state index contributed by atoms with van der Waals surface area (Å²) in [5, 5.41) is 16.5. The highest BCUT2D eigenvalue weighted by molar-refractivity contribution is 6.35. The van der Waals surface area contributed by atoms with Crippen LogP contribution in [0.1, 0.15) is 25.7 Å². The van der Waals surface area contributed by atoms with Crippen molar-refractivity contribution >= 4 is 39.1 Å². The quantitative estimate of drug-likeness (QED) is 0.309. The number of ether oxygens (including phenoxy) is 2. The van der Waals surface area contributed by atoms with Crippen LogP contribution in [0.2, 0.25) is 5.02 Å². The largest absolute Gasteiger partial charge is 0.508 e. The number of anilines is 1. The van der Waals surface area contributed by atoms with Crippen LogP contribution in [0.5, 0.6) is 11.8 Å². The molecule has 2 N–H and O–H groups in total. The number of rotatable bonds is 6. The summed E-state index contributed by atoms with van der Waals surface area (Å²) in [4.78, 5) is 14.1. The number of nitrogens with zero attached hydrogens (tertiary/aromatic N) is 4. The highest BCUT2D eigenvalue weighted by atomic mass is 35.5. The van der Waals surface area contributed by atoms with Crippen LogP contribution < -0.4 is 15.0 Å². The summed E-state index contributed by atoms with van der Waals surface area (Å²) in [6, 6.07) is 13.4. The summed E-state index contributed by atoms with van der Waals surface area (Å²) in [5.74, 6) is 0.128. The molecule has 4 atom stereocenters. The number of hydrogen-bond donors (Lipinski definition) is 2. The first kappa shape index (κ1) is 27.6. The molecule has 0 saturated carbocycles. The fraction of sp³-hybridized carbons (Fsp3) is 0.438. The van der Waals surface area contributed by atoms with Gasteiger partial charge in [0.2, 0.25) is 0 Å². The monoisotopic (exact) mass is 591 g/mol. The zero-order valence-corrected chi connectivity index (χ0v) is 24.6. The second-order valence-electron chi connectivity index (χ2n) is 11.8. The minimum atomic E-state index is -0.558. The molecule has 1 aromatic heterocycles. The van der Waals surface area contributed by atoms with Crippen molar-refractivity contribution in [3.8, 4) is 22.9 Å². The van der Waals surface area contributed by atoms with Crippen LogP contribution in [0.3, 0.4) is 0 Å². The summed E-state index contributed by atoms with van der Waals surface area (Å²) in [7, 11) is 3.78. The first-order chi connectivity index (χ1) is 20.4. The maximum atomic E-state index is 16.8. The smallest absolute Gasteiger partial charge is 0.319 e. The number of fused-ring (bicyclic) bond motifs is 6. The zero-order valence-electron chi connectivity index (χ0n) is 23.8. The van der Waals surface area contributed by atoms with Gasteiger partial charge in [0.1, 0.15) is 23.7 Å². The van der Waals surface area contributed by atoms with Crippen molar-refractivity contribution in [2.75, 3.05) is 45.3 Å². The summed E-state index contributed by atoms with van der Waals surface area (Å²) < 4.78 is 28.6. The maximum Gasteiger partial charge on any atom is 0.319 e. The lowest BCUT2D eigenvalue weighted by Crippen LogP contribution is -2.54. The maximum absolute atomic E-state index is 16.8. The van der Waals surface area contributed by atoms with E-state index < -0.39 is 5.82 Å². The Morgan fingerprint density at radius 1 is 1.12 bits per heavy atom. The number of phenolic OH excluding ortho intramolecular Hbond substituents is 1. The molecule has 4 fully saturated rings. The average molecular weight is 592 g/mol. The number of nitrogens with one attached hydrogen (secondary N) is 1. The van der Waals surface area contributed by atoms with Gasteiger partial charge in [0, 0.05) is 55.8 Å². The highest BCUT2D eigenvalue weighted by Gasteiger charge is 2.35. The van der Waals surface area contributed by atoms with Gasteiger partial charge in [0.25, 0.3) is 0 Å². The van der Waals surface area contributed by atoms with Gasteiger partial charge in [0.05, 0.1) is 11.1 Å². The lowest BCUT2D eigenvalue weighted by molar-refractivity contribution is 0.111. The van der Waals surface area contributed by atoms with Gasteiger partial charge in [-0.2, -0.15) is 9.97 Å². The molecule has 0 aliphatic carbocycles. The lowest BCUT2D eigenvalue weighted by Gasteiger charge is -2.38. The van der Waals surface area contributed by atoms with E-state index in [2.05, 4.69) is 20.1 Å². The molecule has 4 saturated heterocycles. The lowest BCUT2D eigenvalue weighted by atomic mass is 9.96. The zero-order chi connectivity index (χ0) is 29.0. The topological polar surface area (TPSA) is 83.0 Å². The Morgan fingerprint density at radius 2 is 1.98 bits per heavy atom. The van der Waals surface area contributed by atoms with Crippen molar-refractivity contribution in [3.05, 3.63) is 53.3 Å². The van der Waals surface area contributed by atoms with E-state index in [1.165, 1.54) is 0 Å². The van der Waals surface area contributed by atoms with Crippen LogP contribution in [0, 0.1) is 5.82 Å². The molecular weight excluding hydrogens is 557 g/mol. The van der Waals surface area contributed by atoms with E-state index in [0.29, 0.717) is 29.4 Å². The van der Waals surface area contributed by atoms with Crippen LogP contribution in [-0.4, -0.2) is 84.6 Å². The van der Waals surface area contributed by atoms with Gasteiger partial charge in [-0.25, -0.2) is 4.39 Å². The van der Waals surface area contributed by atoms with E-state index in [-0.39, 0.29) is 46.1 Å². The molecule has 2 unspecified atom stereocenters. The molecule has 3 aromatic carbocycles. The predicted octanol–water partition coefficient (Wildman–Crippen LogP) is 5.38. The van der Waals surface area contributed by atoms with Gasteiger partial charge in [0.15, 0.2) is 5.82 Å². The molecule has 0 amide bonds. The number of hydrogen-bond acceptors (Lipinski definition) is 8. The van der Waals surface area contributed by atoms with Gasteiger partial charge in [-0.05, 0) is 67.3 Å². The average Bonchev–Trinajstić information content (AvgIpc) is 3.12. The Labute approximate surface area is 249 Å². The molecule has 4 aliphatic heterocycles. The summed E-state index contributed by atoms with van der Waals surface area (Å²) in [6.07, 6.45) is 4.24. The molecule has 0 radical (unpaired) electrons. The third-order valence-electron chi connectivity index (χ3n) is 9.21. The number of aromatic hydroxyl groups is 1. The number of benzene rings is 3. The van der Waals surface area contributed by atoms with Crippen molar-refractivity contribution in [3.63, 3.8) is 0 Å². The van der Waals surface area contributed by atoms with Crippen LogP contribution in [0.4, 0.5) is 10.2 Å². The number of phenols is 1. The minimum absolute atomic E-state index is 0.0369. The third kappa shape index (κ3) is 4.92. The molecule has 4 aromatic rings. The fourth-order valence-electron chi connectivity index (χ4n) is 6.93. The van der Waals surface area contributed by atoms with Gasteiger partial charge in [-0.15, -0.1) is 0 Å². The number of methoxy groups -OCH3 is 1. The standard InChI is InChI=1S/C32H35ClFN5O3/c1-38-16-23(41-2)11-21(38)17-42-32-36-30-26(31(37-32)39-15-19-7-5-8-20(39)14-35-19)13-27(33)28(29(30)34)25-12-22(40)10-18-6-3-4-9-24(18)25/h3-4,6,9-10,12-13,19-21,23,35,40H,5,7-8,11,14-17H2,1-2H3/t19?,20?,21-,23+/m0/s1. The normalized spacial score (nSPS) is 24.5. The van der Waals surface area contributed by atoms with Crippen molar-refractivity contribution < 1.29 is 19.0 Å². The number of likely N-dealkylation sites (N-methyl/N-ethyl adjacent to an activating group) is 1. The predicted molar refractivity (Wildman–Crippen MR) is 163 cm³/mol. The van der Waals surface area contributed by atoms with Gasteiger partial charge >= 0.3 is 6.01 Å².